The highest BCUT2D eigenvalue weighted by molar-refractivity contribution is 6.35. The second-order valence-corrected chi connectivity index (χ2v) is 6.08. The molecular weight excluding hydrogens is 364 g/mol. The molecule has 0 atom stereocenters. The fraction of sp³-hybridized carbons (Fsp3) is 0.143. The number of ether oxygens (including phenoxy) is 2. The van der Waals surface area contributed by atoms with Crippen LogP contribution in [0.3, 0.4) is 0 Å². The molecule has 0 fully saturated rings. The normalized spacial score (nSPS) is 10.9. The molecule has 138 valence electrons. The molecule has 0 unspecified atom stereocenters. The average molecular weight is 383 g/mol. The van der Waals surface area contributed by atoms with E-state index in [9.17, 15) is 4.79 Å². The van der Waals surface area contributed by atoms with E-state index in [1.807, 2.05) is 55.5 Å². The second kappa shape index (κ2) is 9.05. The third kappa shape index (κ3) is 4.99. The number of carbonyl (C=O) groups is 1. The van der Waals surface area contributed by atoms with Crippen molar-refractivity contribution in [3.63, 3.8) is 0 Å². The molecule has 1 amide bonds. The lowest BCUT2D eigenvalue weighted by Crippen LogP contribution is -2.24. The van der Waals surface area contributed by atoms with Crippen molar-refractivity contribution in [1.29, 1.82) is 0 Å². The van der Waals surface area contributed by atoms with Crippen molar-refractivity contribution >= 4 is 34.5 Å². The molecule has 0 aliphatic rings. The van der Waals surface area contributed by atoms with Crippen LogP contribution in [0.25, 0.3) is 10.8 Å². The number of nitrogens with zero attached hydrogens (tertiary/aromatic N) is 1. The first-order valence-corrected chi connectivity index (χ1v) is 8.90. The van der Waals surface area contributed by atoms with E-state index >= 15 is 0 Å². The predicted octanol–water partition coefficient (Wildman–Crippen LogP) is 4.42. The first-order chi connectivity index (χ1) is 13.2. The first kappa shape index (κ1) is 18.7. The summed E-state index contributed by atoms with van der Waals surface area (Å²) >= 11 is 6.18. The highest BCUT2D eigenvalue weighted by Crippen LogP contribution is 2.31. The van der Waals surface area contributed by atoms with Crippen LogP contribution in [-0.4, -0.2) is 25.3 Å². The van der Waals surface area contributed by atoms with Crippen molar-refractivity contribution in [2.24, 2.45) is 5.10 Å². The van der Waals surface area contributed by atoms with Gasteiger partial charge in [-0.25, -0.2) is 5.43 Å². The van der Waals surface area contributed by atoms with E-state index in [-0.39, 0.29) is 12.5 Å². The van der Waals surface area contributed by atoms with Gasteiger partial charge >= 0.3 is 0 Å². The molecule has 1 N–H and O–H groups in total. The number of hydrogen-bond acceptors (Lipinski definition) is 4. The maximum Gasteiger partial charge on any atom is 0.277 e. The van der Waals surface area contributed by atoms with E-state index in [0.29, 0.717) is 17.4 Å². The first-order valence-electron chi connectivity index (χ1n) is 8.52. The molecule has 3 rings (SSSR count). The van der Waals surface area contributed by atoms with Crippen LogP contribution in [-0.2, 0) is 4.79 Å². The maximum atomic E-state index is 12.0. The van der Waals surface area contributed by atoms with Gasteiger partial charge in [-0.3, -0.25) is 4.79 Å². The van der Waals surface area contributed by atoms with Crippen molar-refractivity contribution in [1.82, 2.24) is 5.43 Å². The van der Waals surface area contributed by atoms with Crippen molar-refractivity contribution in [2.75, 3.05) is 13.2 Å². The molecule has 6 heteroatoms. The van der Waals surface area contributed by atoms with Crippen LogP contribution in [0.5, 0.6) is 11.5 Å². The quantitative estimate of drug-likeness (QED) is 0.486. The Balaban J connectivity index is 1.55. The van der Waals surface area contributed by atoms with E-state index in [1.165, 1.54) is 0 Å². The van der Waals surface area contributed by atoms with Gasteiger partial charge in [0.15, 0.2) is 6.61 Å². The second-order valence-electron chi connectivity index (χ2n) is 5.68. The molecule has 0 saturated heterocycles. The molecule has 0 saturated carbocycles. The van der Waals surface area contributed by atoms with Crippen LogP contribution < -0.4 is 14.9 Å². The minimum Gasteiger partial charge on any atom is -0.494 e. The minimum absolute atomic E-state index is 0.147. The fourth-order valence-corrected chi connectivity index (χ4v) is 2.76. The minimum atomic E-state index is -0.351. The maximum absolute atomic E-state index is 12.0. The van der Waals surface area contributed by atoms with Gasteiger partial charge in [0, 0.05) is 15.8 Å². The van der Waals surface area contributed by atoms with Crippen molar-refractivity contribution in [2.45, 2.75) is 6.92 Å². The Bertz CT molecular complexity index is 955. The van der Waals surface area contributed by atoms with Gasteiger partial charge in [-0.05, 0) is 48.9 Å². The molecule has 0 spiro atoms. The SMILES string of the molecule is CCOc1ccc(C=NNC(=O)COc2ccc(Cl)c3ccccc23)cc1. The molecule has 0 aliphatic carbocycles. The molecule has 0 radical (unpaired) electrons. The molecule has 3 aromatic rings. The molecule has 0 aliphatic heterocycles. The molecule has 0 bridgehead atoms. The van der Waals surface area contributed by atoms with E-state index in [0.717, 1.165) is 22.1 Å². The smallest absolute Gasteiger partial charge is 0.277 e. The number of fused-ring (bicyclic) bond motifs is 1. The Labute approximate surface area is 162 Å². The number of carbonyl (C=O) groups excluding carboxylic acids is 1. The molecule has 0 aromatic heterocycles. The largest absolute Gasteiger partial charge is 0.494 e. The summed E-state index contributed by atoms with van der Waals surface area (Å²) in [5.41, 5.74) is 3.30. The van der Waals surface area contributed by atoms with Crippen LogP contribution in [0.15, 0.2) is 65.8 Å². The third-order valence-electron chi connectivity index (χ3n) is 3.78. The summed E-state index contributed by atoms with van der Waals surface area (Å²) in [6.45, 7) is 2.40. The Morgan fingerprint density at radius 3 is 2.52 bits per heavy atom. The van der Waals surface area contributed by atoms with E-state index in [4.69, 9.17) is 21.1 Å². The number of amides is 1. The fourth-order valence-electron chi connectivity index (χ4n) is 2.53. The summed E-state index contributed by atoms with van der Waals surface area (Å²) in [5, 5.41) is 6.32. The van der Waals surface area contributed by atoms with Crippen LogP contribution in [0.1, 0.15) is 12.5 Å². The zero-order chi connectivity index (χ0) is 19.1. The highest BCUT2D eigenvalue weighted by atomic mass is 35.5. The monoisotopic (exact) mass is 382 g/mol. The van der Waals surface area contributed by atoms with Gasteiger partial charge in [0.25, 0.3) is 5.91 Å². The standard InChI is InChI=1S/C21H19ClN2O3/c1-2-26-16-9-7-15(8-10-16)13-23-24-21(25)14-27-20-12-11-19(22)17-5-3-4-6-18(17)20/h3-13H,2,14H2,1H3,(H,24,25). The number of hydrogen-bond donors (Lipinski definition) is 1. The molecule has 5 nitrogen and oxygen atoms in total. The summed E-state index contributed by atoms with van der Waals surface area (Å²) < 4.78 is 11.0. The number of rotatable bonds is 7. The number of benzene rings is 3. The Morgan fingerprint density at radius 2 is 1.78 bits per heavy atom. The van der Waals surface area contributed by atoms with E-state index in [2.05, 4.69) is 10.5 Å². The summed E-state index contributed by atoms with van der Waals surface area (Å²) in [5.74, 6) is 1.04. The lowest BCUT2D eigenvalue weighted by atomic mass is 10.1. The summed E-state index contributed by atoms with van der Waals surface area (Å²) in [6, 6.07) is 18.5. The topological polar surface area (TPSA) is 59.9 Å². The zero-order valence-corrected chi connectivity index (χ0v) is 15.6. The highest BCUT2D eigenvalue weighted by Gasteiger charge is 2.07. The zero-order valence-electron chi connectivity index (χ0n) is 14.8. The summed E-state index contributed by atoms with van der Waals surface area (Å²) in [7, 11) is 0. The lowest BCUT2D eigenvalue weighted by Gasteiger charge is -2.09. The molecule has 27 heavy (non-hydrogen) atoms. The molecule has 0 heterocycles. The number of halogens is 1. The molecule has 3 aromatic carbocycles. The summed E-state index contributed by atoms with van der Waals surface area (Å²) in [6.07, 6.45) is 1.56. The Kier molecular flexibility index (Phi) is 6.28. The average Bonchev–Trinajstić information content (AvgIpc) is 2.69. The van der Waals surface area contributed by atoms with Crippen molar-refractivity contribution in [3.05, 3.63) is 71.2 Å². The van der Waals surface area contributed by atoms with E-state index < -0.39 is 0 Å². The summed E-state index contributed by atoms with van der Waals surface area (Å²) in [4.78, 5) is 12.0. The van der Waals surface area contributed by atoms with Crippen LogP contribution >= 0.6 is 11.6 Å². The van der Waals surface area contributed by atoms with Crippen molar-refractivity contribution < 1.29 is 14.3 Å². The van der Waals surface area contributed by atoms with Gasteiger partial charge in [-0.2, -0.15) is 5.10 Å². The van der Waals surface area contributed by atoms with Crippen LogP contribution in [0, 0.1) is 0 Å². The Morgan fingerprint density at radius 1 is 1.04 bits per heavy atom. The van der Waals surface area contributed by atoms with Crippen LogP contribution in [0.4, 0.5) is 0 Å². The number of hydrazone groups is 1. The molecular formula is C21H19ClN2O3. The van der Waals surface area contributed by atoms with Gasteiger partial charge < -0.3 is 9.47 Å². The van der Waals surface area contributed by atoms with Gasteiger partial charge in [-0.15, -0.1) is 0 Å². The van der Waals surface area contributed by atoms with Gasteiger partial charge in [0.1, 0.15) is 11.5 Å². The lowest BCUT2D eigenvalue weighted by molar-refractivity contribution is -0.123. The third-order valence-corrected chi connectivity index (χ3v) is 4.11. The Hall–Kier alpha value is -3.05. The van der Waals surface area contributed by atoms with E-state index in [1.54, 1.807) is 18.3 Å². The van der Waals surface area contributed by atoms with Crippen LogP contribution in [0.2, 0.25) is 5.02 Å². The van der Waals surface area contributed by atoms with Gasteiger partial charge in [-0.1, -0.05) is 35.9 Å². The van der Waals surface area contributed by atoms with Gasteiger partial charge in [0.05, 0.1) is 12.8 Å². The van der Waals surface area contributed by atoms with Crippen molar-refractivity contribution in [3.8, 4) is 11.5 Å². The number of nitrogens with one attached hydrogen (secondary N) is 1. The van der Waals surface area contributed by atoms with Gasteiger partial charge in [0.2, 0.25) is 0 Å². The predicted molar refractivity (Wildman–Crippen MR) is 108 cm³/mol.